The number of nitrogens with one attached hydrogen (secondary N) is 2. The van der Waals surface area contributed by atoms with Crippen LogP contribution in [-0.4, -0.2) is 25.4 Å². The molecule has 5 heteroatoms. The van der Waals surface area contributed by atoms with E-state index in [9.17, 15) is 4.79 Å². The van der Waals surface area contributed by atoms with Crippen LogP contribution in [0.15, 0.2) is 18.2 Å². The minimum atomic E-state index is -0.0531. The summed E-state index contributed by atoms with van der Waals surface area (Å²) < 4.78 is 10.6. The second kappa shape index (κ2) is 6.70. The van der Waals surface area contributed by atoms with Crippen molar-refractivity contribution in [3.63, 3.8) is 0 Å². The van der Waals surface area contributed by atoms with E-state index in [4.69, 9.17) is 9.47 Å². The van der Waals surface area contributed by atoms with Gasteiger partial charge in [-0.25, -0.2) is 4.79 Å². The number of urea groups is 1. The minimum Gasteiger partial charge on any atom is -0.454 e. The summed E-state index contributed by atoms with van der Waals surface area (Å²) in [7, 11) is 0. The van der Waals surface area contributed by atoms with Gasteiger partial charge in [0.05, 0.1) is 0 Å². The van der Waals surface area contributed by atoms with Crippen molar-refractivity contribution in [2.24, 2.45) is 0 Å². The number of fused-ring (bicyclic) bond motifs is 1. The van der Waals surface area contributed by atoms with E-state index in [1.165, 1.54) is 19.3 Å². The zero-order valence-electron chi connectivity index (χ0n) is 12.2. The minimum absolute atomic E-state index is 0.0531. The van der Waals surface area contributed by atoms with Gasteiger partial charge in [0.1, 0.15) is 0 Å². The summed E-state index contributed by atoms with van der Waals surface area (Å²) in [4.78, 5) is 11.8. The molecule has 0 atom stereocenters. The van der Waals surface area contributed by atoms with Gasteiger partial charge in [-0.2, -0.15) is 0 Å². The van der Waals surface area contributed by atoms with Crippen molar-refractivity contribution < 1.29 is 14.3 Å². The van der Waals surface area contributed by atoms with Crippen molar-refractivity contribution >= 4 is 6.03 Å². The fraction of sp³-hybridized carbons (Fsp3) is 0.562. The van der Waals surface area contributed by atoms with Gasteiger partial charge in [0.25, 0.3) is 0 Å². The largest absolute Gasteiger partial charge is 0.454 e. The Kier molecular flexibility index (Phi) is 4.48. The maximum Gasteiger partial charge on any atom is 0.315 e. The van der Waals surface area contributed by atoms with E-state index < -0.39 is 0 Å². The molecule has 0 bridgehead atoms. The predicted molar refractivity (Wildman–Crippen MR) is 79.7 cm³/mol. The van der Waals surface area contributed by atoms with Gasteiger partial charge in [0.2, 0.25) is 6.79 Å². The smallest absolute Gasteiger partial charge is 0.315 e. The molecule has 2 N–H and O–H groups in total. The molecule has 1 aromatic rings. The predicted octanol–water partition coefficient (Wildman–Crippen LogP) is 2.59. The summed E-state index contributed by atoms with van der Waals surface area (Å²) >= 11 is 0. The van der Waals surface area contributed by atoms with E-state index in [1.807, 2.05) is 18.2 Å². The number of carbonyl (C=O) groups excluding carboxylic acids is 1. The molecule has 0 spiro atoms. The molecule has 21 heavy (non-hydrogen) atoms. The first-order chi connectivity index (χ1) is 10.3. The van der Waals surface area contributed by atoms with Crippen molar-refractivity contribution in [3.8, 4) is 11.5 Å². The molecule has 3 rings (SSSR count). The molecule has 2 amide bonds. The molecule has 1 saturated carbocycles. The number of ether oxygens (including phenoxy) is 2. The van der Waals surface area contributed by atoms with Crippen LogP contribution < -0.4 is 20.1 Å². The summed E-state index contributed by atoms with van der Waals surface area (Å²) in [5, 5.41) is 5.98. The van der Waals surface area contributed by atoms with Crippen LogP contribution in [0, 0.1) is 0 Å². The maximum atomic E-state index is 11.8. The second-order valence-corrected chi connectivity index (χ2v) is 5.67. The highest BCUT2D eigenvalue weighted by molar-refractivity contribution is 5.74. The van der Waals surface area contributed by atoms with Crippen LogP contribution in [0.25, 0.3) is 0 Å². The molecule has 5 nitrogen and oxygen atoms in total. The topological polar surface area (TPSA) is 59.6 Å². The zero-order chi connectivity index (χ0) is 14.5. The lowest BCUT2D eigenvalue weighted by molar-refractivity contribution is 0.174. The van der Waals surface area contributed by atoms with Gasteiger partial charge in [-0.15, -0.1) is 0 Å². The summed E-state index contributed by atoms with van der Waals surface area (Å²) in [6, 6.07) is 6.20. The summed E-state index contributed by atoms with van der Waals surface area (Å²) in [5.41, 5.74) is 1.14. The van der Waals surface area contributed by atoms with E-state index >= 15 is 0 Å². The molecule has 0 radical (unpaired) electrons. The highest BCUT2D eigenvalue weighted by Gasteiger charge is 2.15. The Balaban J connectivity index is 1.40. The van der Waals surface area contributed by atoms with Crippen molar-refractivity contribution in [3.05, 3.63) is 23.8 Å². The van der Waals surface area contributed by atoms with Crippen molar-refractivity contribution in [2.75, 3.05) is 13.3 Å². The van der Waals surface area contributed by atoms with Gasteiger partial charge in [-0.1, -0.05) is 25.3 Å². The van der Waals surface area contributed by atoms with Crippen molar-refractivity contribution in [1.82, 2.24) is 10.6 Å². The van der Waals surface area contributed by atoms with Crippen LogP contribution in [0.2, 0.25) is 0 Å². The van der Waals surface area contributed by atoms with Crippen molar-refractivity contribution in [2.45, 2.75) is 44.6 Å². The highest BCUT2D eigenvalue weighted by Crippen LogP contribution is 2.32. The standard InChI is InChI=1S/C16H22N2O3/c19-16(18-13-4-2-1-3-5-13)17-9-8-12-6-7-14-15(10-12)21-11-20-14/h6-7,10,13H,1-5,8-9,11H2,(H2,17,18,19). The molecule has 0 aromatic heterocycles. The van der Waals surface area contributed by atoms with Gasteiger partial charge < -0.3 is 20.1 Å². The third-order valence-corrected chi connectivity index (χ3v) is 4.08. The van der Waals surface area contributed by atoms with Crippen LogP contribution in [0.5, 0.6) is 11.5 Å². The Labute approximate surface area is 125 Å². The number of rotatable bonds is 4. The van der Waals surface area contributed by atoms with Gasteiger partial charge in [-0.05, 0) is 37.0 Å². The number of carbonyl (C=O) groups is 1. The Morgan fingerprint density at radius 2 is 1.95 bits per heavy atom. The molecule has 1 fully saturated rings. The molecule has 1 aromatic carbocycles. The lowest BCUT2D eigenvalue weighted by Gasteiger charge is -2.22. The van der Waals surface area contributed by atoms with E-state index in [-0.39, 0.29) is 6.03 Å². The monoisotopic (exact) mass is 290 g/mol. The number of hydrogen-bond donors (Lipinski definition) is 2. The Hall–Kier alpha value is -1.91. The fourth-order valence-electron chi connectivity index (χ4n) is 2.90. The van der Waals surface area contributed by atoms with Crippen LogP contribution >= 0.6 is 0 Å². The molecule has 0 saturated heterocycles. The Morgan fingerprint density at radius 3 is 2.81 bits per heavy atom. The van der Waals surface area contributed by atoms with E-state index in [0.29, 0.717) is 19.4 Å². The van der Waals surface area contributed by atoms with E-state index in [0.717, 1.165) is 36.3 Å². The van der Waals surface area contributed by atoms with Gasteiger partial charge in [0, 0.05) is 12.6 Å². The molecular formula is C16H22N2O3. The molecular weight excluding hydrogens is 268 g/mol. The number of hydrogen-bond acceptors (Lipinski definition) is 3. The van der Waals surface area contributed by atoms with Crippen LogP contribution in [-0.2, 0) is 6.42 Å². The Morgan fingerprint density at radius 1 is 1.14 bits per heavy atom. The first-order valence-electron chi connectivity index (χ1n) is 7.74. The van der Waals surface area contributed by atoms with Crippen LogP contribution in [0.4, 0.5) is 4.79 Å². The highest BCUT2D eigenvalue weighted by atomic mass is 16.7. The third kappa shape index (κ3) is 3.80. The number of amides is 2. The first-order valence-corrected chi connectivity index (χ1v) is 7.74. The quantitative estimate of drug-likeness (QED) is 0.896. The maximum absolute atomic E-state index is 11.8. The lowest BCUT2D eigenvalue weighted by Crippen LogP contribution is -2.43. The summed E-state index contributed by atoms with van der Waals surface area (Å²) in [6.07, 6.45) is 6.74. The fourth-order valence-corrected chi connectivity index (χ4v) is 2.90. The van der Waals surface area contributed by atoms with Crippen molar-refractivity contribution in [1.29, 1.82) is 0 Å². The Bertz CT molecular complexity index is 498. The van der Waals surface area contributed by atoms with Crippen LogP contribution in [0.3, 0.4) is 0 Å². The molecule has 1 aliphatic carbocycles. The zero-order valence-corrected chi connectivity index (χ0v) is 12.2. The van der Waals surface area contributed by atoms with Gasteiger partial charge in [-0.3, -0.25) is 0 Å². The average Bonchev–Trinajstić information content (AvgIpc) is 2.96. The average molecular weight is 290 g/mol. The second-order valence-electron chi connectivity index (χ2n) is 5.67. The SMILES string of the molecule is O=C(NCCc1ccc2c(c1)OCO2)NC1CCCCC1. The summed E-state index contributed by atoms with van der Waals surface area (Å²) in [5.74, 6) is 1.58. The van der Waals surface area contributed by atoms with Gasteiger partial charge in [0.15, 0.2) is 11.5 Å². The van der Waals surface area contributed by atoms with Crippen LogP contribution in [0.1, 0.15) is 37.7 Å². The van der Waals surface area contributed by atoms with E-state index in [1.54, 1.807) is 0 Å². The molecule has 1 aliphatic heterocycles. The molecule has 114 valence electrons. The van der Waals surface area contributed by atoms with E-state index in [2.05, 4.69) is 10.6 Å². The molecule has 0 unspecified atom stereocenters. The first kappa shape index (κ1) is 14.0. The normalized spacial score (nSPS) is 17.5. The number of benzene rings is 1. The lowest BCUT2D eigenvalue weighted by atomic mass is 9.96. The van der Waals surface area contributed by atoms with Gasteiger partial charge >= 0.3 is 6.03 Å². The third-order valence-electron chi connectivity index (χ3n) is 4.08. The molecule has 1 heterocycles. The summed E-state index contributed by atoms with van der Waals surface area (Å²) in [6.45, 7) is 0.916. The molecule has 2 aliphatic rings.